The van der Waals surface area contributed by atoms with Gasteiger partial charge in [0.15, 0.2) is 0 Å². The molecule has 0 aromatic carbocycles. The Morgan fingerprint density at radius 2 is 2.38 bits per heavy atom. The molecule has 0 bridgehead atoms. The van der Waals surface area contributed by atoms with Crippen LogP contribution in [0.1, 0.15) is 36.9 Å². The fourth-order valence-electron chi connectivity index (χ4n) is 1.71. The van der Waals surface area contributed by atoms with Gasteiger partial charge >= 0.3 is 0 Å². The molecule has 2 rings (SSSR count). The first-order valence-electron chi connectivity index (χ1n) is 5.11. The first-order chi connectivity index (χ1) is 6.35. The van der Waals surface area contributed by atoms with E-state index in [1.807, 2.05) is 4.68 Å². The average Bonchev–Trinajstić information content (AvgIpc) is 2.89. The van der Waals surface area contributed by atoms with Gasteiger partial charge < -0.3 is 5.73 Å². The van der Waals surface area contributed by atoms with E-state index in [0.29, 0.717) is 6.54 Å². The zero-order chi connectivity index (χ0) is 9.26. The molecule has 1 aromatic rings. The van der Waals surface area contributed by atoms with Crippen molar-refractivity contribution in [1.29, 1.82) is 0 Å². The molecule has 0 atom stereocenters. The van der Waals surface area contributed by atoms with Gasteiger partial charge in [-0.2, -0.15) is 5.10 Å². The minimum Gasteiger partial charge on any atom is -0.330 e. The molecule has 3 nitrogen and oxygen atoms in total. The fraction of sp³-hybridized carbons (Fsp3) is 0.700. The van der Waals surface area contributed by atoms with Crippen LogP contribution in [0.3, 0.4) is 0 Å². The molecule has 0 spiro atoms. The summed E-state index contributed by atoms with van der Waals surface area (Å²) in [5.41, 5.74) is 8.23. The van der Waals surface area contributed by atoms with Crippen molar-refractivity contribution in [1.82, 2.24) is 9.78 Å². The van der Waals surface area contributed by atoms with Crippen LogP contribution in [0.4, 0.5) is 0 Å². The number of hydrogen-bond donors (Lipinski definition) is 1. The molecule has 0 radical (unpaired) electrons. The number of aryl methyl sites for hydroxylation is 1. The highest BCUT2D eigenvalue weighted by Gasteiger charge is 2.27. The van der Waals surface area contributed by atoms with Crippen molar-refractivity contribution >= 4 is 0 Å². The van der Waals surface area contributed by atoms with E-state index in [4.69, 9.17) is 5.73 Å². The third-order valence-electron chi connectivity index (χ3n) is 2.59. The van der Waals surface area contributed by atoms with E-state index in [2.05, 4.69) is 18.2 Å². The molecule has 1 fully saturated rings. The van der Waals surface area contributed by atoms with Gasteiger partial charge in [0.2, 0.25) is 0 Å². The summed E-state index contributed by atoms with van der Waals surface area (Å²) in [4.78, 5) is 0. The van der Waals surface area contributed by atoms with Crippen LogP contribution in [0.2, 0.25) is 0 Å². The average molecular weight is 179 g/mol. The van der Waals surface area contributed by atoms with Crippen LogP contribution in [-0.2, 0) is 13.0 Å². The Morgan fingerprint density at radius 3 is 2.92 bits per heavy atom. The Bertz CT molecular complexity index is 286. The van der Waals surface area contributed by atoms with E-state index in [1.54, 1.807) is 0 Å². The maximum absolute atomic E-state index is 5.55. The predicted octanol–water partition coefficient (Wildman–Crippen LogP) is 1.28. The highest BCUT2D eigenvalue weighted by Crippen LogP contribution is 2.41. The van der Waals surface area contributed by atoms with Gasteiger partial charge in [-0.1, -0.05) is 0 Å². The van der Waals surface area contributed by atoms with E-state index in [0.717, 1.165) is 18.9 Å². The van der Waals surface area contributed by atoms with Crippen molar-refractivity contribution in [2.45, 2.75) is 38.6 Å². The molecule has 2 N–H and O–H groups in total. The third-order valence-corrected chi connectivity index (χ3v) is 2.59. The Labute approximate surface area is 78.9 Å². The lowest BCUT2D eigenvalue weighted by atomic mass is 10.1. The number of hydrogen-bond acceptors (Lipinski definition) is 2. The smallest absolute Gasteiger partial charge is 0.0671 e. The molecule has 1 aliphatic rings. The predicted molar refractivity (Wildman–Crippen MR) is 52.6 cm³/mol. The molecule has 1 aliphatic carbocycles. The van der Waals surface area contributed by atoms with Crippen LogP contribution in [-0.4, -0.2) is 16.3 Å². The van der Waals surface area contributed by atoms with Crippen molar-refractivity contribution < 1.29 is 0 Å². The van der Waals surface area contributed by atoms with Crippen molar-refractivity contribution in [3.8, 4) is 0 Å². The summed E-state index contributed by atoms with van der Waals surface area (Å²) in [6.07, 6.45) is 5.81. The number of rotatable bonds is 4. The Morgan fingerprint density at radius 1 is 1.62 bits per heavy atom. The molecule has 1 heterocycles. The number of aromatic nitrogens is 2. The van der Waals surface area contributed by atoms with Crippen molar-refractivity contribution in [3.05, 3.63) is 17.5 Å². The summed E-state index contributed by atoms with van der Waals surface area (Å²) in [5.74, 6) is 0.793. The summed E-state index contributed by atoms with van der Waals surface area (Å²) >= 11 is 0. The largest absolute Gasteiger partial charge is 0.330 e. The van der Waals surface area contributed by atoms with E-state index in [1.165, 1.54) is 24.1 Å². The Kier molecular flexibility index (Phi) is 2.36. The van der Waals surface area contributed by atoms with Gasteiger partial charge in [-0.15, -0.1) is 0 Å². The molecule has 1 saturated carbocycles. The number of nitrogens with zero attached hydrogens (tertiary/aromatic N) is 2. The monoisotopic (exact) mass is 179 g/mol. The van der Waals surface area contributed by atoms with Crippen LogP contribution in [0.25, 0.3) is 0 Å². The zero-order valence-corrected chi connectivity index (χ0v) is 8.16. The van der Waals surface area contributed by atoms with Gasteiger partial charge in [0.25, 0.3) is 0 Å². The highest BCUT2D eigenvalue weighted by molar-refractivity contribution is 5.26. The molecular weight excluding hydrogens is 162 g/mol. The first kappa shape index (κ1) is 8.75. The molecule has 13 heavy (non-hydrogen) atoms. The van der Waals surface area contributed by atoms with E-state index in [-0.39, 0.29) is 0 Å². The lowest BCUT2D eigenvalue weighted by Crippen LogP contribution is -2.05. The lowest BCUT2D eigenvalue weighted by molar-refractivity contribution is 0.646. The van der Waals surface area contributed by atoms with Crippen LogP contribution in [0.5, 0.6) is 0 Å². The van der Waals surface area contributed by atoms with Crippen LogP contribution >= 0.6 is 0 Å². The standard InChI is InChI=1S/C10H17N3/c1-2-13-7-9(8-3-4-8)10(12-13)5-6-11/h7-8H,2-6,11H2,1H3. The Hall–Kier alpha value is -0.830. The summed E-state index contributed by atoms with van der Waals surface area (Å²) < 4.78 is 2.03. The second kappa shape index (κ2) is 3.50. The second-order valence-electron chi connectivity index (χ2n) is 3.70. The summed E-state index contributed by atoms with van der Waals surface area (Å²) in [7, 11) is 0. The lowest BCUT2D eigenvalue weighted by Gasteiger charge is -1.95. The van der Waals surface area contributed by atoms with E-state index >= 15 is 0 Å². The minimum absolute atomic E-state index is 0.709. The number of nitrogens with two attached hydrogens (primary N) is 1. The molecule has 3 heteroatoms. The van der Waals surface area contributed by atoms with E-state index < -0.39 is 0 Å². The molecule has 0 saturated heterocycles. The minimum atomic E-state index is 0.709. The van der Waals surface area contributed by atoms with Crippen molar-refractivity contribution in [2.24, 2.45) is 5.73 Å². The SMILES string of the molecule is CCn1cc(C2CC2)c(CCN)n1. The van der Waals surface area contributed by atoms with Gasteiger partial charge in [-0.05, 0) is 37.8 Å². The molecule has 1 aromatic heterocycles. The first-order valence-corrected chi connectivity index (χ1v) is 5.11. The van der Waals surface area contributed by atoms with Gasteiger partial charge in [-0.25, -0.2) is 0 Å². The second-order valence-corrected chi connectivity index (χ2v) is 3.70. The summed E-state index contributed by atoms with van der Waals surface area (Å²) in [5, 5.41) is 4.52. The van der Waals surface area contributed by atoms with E-state index in [9.17, 15) is 0 Å². The van der Waals surface area contributed by atoms with Crippen molar-refractivity contribution in [2.75, 3.05) is 6.54 Å². The van der Waals surface area contributed by atoms with Gasteiger partial charge in [0.05, 0.1) is 5.69 Å². The molecular formula is C10H17N3. The van der Waals surface area contributed by atoms with Crippen LogP contribution < -0.4 is 5.73 Å². The fourth-order valence-corrected chi connectivity index (χ4v) is 1.71. The molecule has 0 amide bonds. The Balaban J connectivity index is 2.22. The van der Waals surface area contributed by atoms with Gasteiger partial charge in [0, 0.05) is 19.2 Å². The van der Waals surface area contributed by atoms with Gasteiger partial charge in [-0.3, -0.25) is 4.68 Å². The van der Waals surface area contributed by atoms with Crippen LogP contribution in [0, 0.1) is 0 Å². The molecule has 0 aliphatic heterocycles. The van der Waals surface area contributed by atoms with Crippen LogP contribution in [0.15, 0.2) is 6.20 Å². The summed E-state index contributed by atoms with van der Waals surface area (Å²) in [6.45, 7) is 3.79. The third kappa shape index (κ3) is 1.75. The van der Waals surface area contributed by atoms with Gasteiger partial charge in [0.1, 0.15) is 0 Å². The normalized spacial score (nSPS) is 16.5. The quantitative estimate of drug-likeness (QED) is 0.756. The zero-order valence-electron chi connectivity index (χ0n) is 8.16. The highest BCUT2D eigenvalue weighted by atomic mass is 15.3. The topological polar surface area (TPSA) is 43.8 Å². The molecule has 0 unspecified atom stereocenters. The maximum atomic E-state index is 5.55. The maximum Gasteiger partial charge on any atom is 0.0671 e. The molecule has 72 valence electrons. The van der Waals surface area contributed by atoms with Crippen molar-refractivity contribution in [3.63, 3.8) is 0 Å². The summed E-state index contributed by atoms with van der Waals surface area (Å²) in [6, 6.07) is 0.